The summed E-state index contributed by atoms with van der Waals surface area (Å²) in [6.45, 7) is 2.87. The van der Waals surface area contributed by atoms with E-state index < -0.39 is 0 Å². The first kappa shape index (κ1) is 12.5. The molecular formula is C13H22N4S. The Morgan fingerprint density at radius 2 is 1.89 bits per heavy atom. The van der Waals surface area contributed by atoms with Gasteiger partial charge in [-0.05, 0) is 44.4 Å². The first-order valence-corrected chi connectivity index (χ1v) is 7.96. The molecule has 2 aliphatic rings. The third-order valence-electron chi connectivity index (χ3n) is 4.06. The lowest BCUT2D eigenvalue weighted by atomic mass is 9.91. The van der Waals surface area contributed by atoms with E-state index in [9.17, 15) is 0 Å². The summed E-state index contributed by atoms with van der Waals surface area (Å²) in [7, 11) is 0. The van der Waals surface area contributed by atoms with Gasteiger partial charge in [-0.3, -0.25) is 0 Å². The lowest BCUT2D eigenvalue weighted by Crippen LogP contribution is -2.15. The minimum atomic E-state index is 0.506. The molecule has 0 amide bonds. The lowest BCUT2D eigenvalue weighted by molar-refractivity contribution is 0.392. The van der Waals surface area contributed by atoms with Crippen molar-refractivity contribution in [1.82, 2.24) is 14.8 Å². The van der Waals surface area contributed by atoms with E-state index in [4.69, 9.17) is 5.73 Å². The molecule has 0 spiro atoms. The Morgan fingerprint density at radius 3 is 2.50 bits per heavy atom. The fourth-order valence-corrected chi connectivity index (χ4v) is 3.98. The number of rotatable bonds is 4. The summed E-state index contributed by atoms with van der Waals surface area (Å²) >= 11 is 1.93. The molecule has 1 heterocycles. The molecule has 0 radical (unpaired) electrons. The molecule has 1 aromatic heterocycles. The van der Waals surface area contributed by atoms with Crippen LogP contribution in [0.25, 0.3) is 0 Å². The highest BCUT2D eigenvalue weighted by Crippen LogP contribution is 2.41. The highest BCUT2D eigenvalue weighted by atomic mass is 32.2. The van der Waals surface area contributed by atoms with E-state index >= 15 is 0 Å². The van der Waals surface area contributed by atoms with Crippen LogP contribution >= 0.6 is 11.8 Å². The van der Waals surface area contributed by atoms with Crippen molar-refractivity contribution in [3.63, 3.8) is 0 Å². The summed E-state index contributed by atoms with van der Waals surface area (Å²) in [6, 6.07) is 0.628. The molecule has 0 aliphatic heterocycles. The average Bonchev–Trinajstić information content (AvgIpc) is 3.14. The van der Waals surface area contributed by atoms with Crippen molar-refractivity contribution in [2.24, 2.45) is 11.7 Å². The standard InChI is InChI=1S/C13H22N4S/c1-9-2-6-11(7-3-9)18-13-16-15-12(8-14)17(13)10-4-5-10/h9-11H,2-8,14H2,1H3. The molecule has 100 valence electrons. The monoisotopic (exact) mass is 266 g/mol. The van der Waals surface area contributed by atoms with Gasteiger partial charge in [0.1, 0.15) is 5.82 Å². The van der Waals surface area contributed by atoms with Crippen LogP contribution in [-0.4, -0.2) is 20.0 Å². The first-order valence-electron chi connectivity index (χ1n) is 7.08. The zero-order valence-corrected chi connectivity index (χ0v) is 11.8. The molecule has 0 saturated heterocycles. The minimum absolute atomic E-state index is 0.506. The molecule has 0 atom stereocenters. The maximum atomic E-state index is 5.75. The highest BCUT2D eigenvalue weighted by molar-refractivity contribution is 7.99. The molecule has 18 heavy (non-hydrogen) atoms. The van der Waals surface area contributed by atoms with Crippen molar-refractivity contribution < 1.29 is 0 Å². The minimum Gasteiger partial charge on any atom is -0.324 e. The molecule has 4 nitrogen and oxygen atoms in total. The molecule has 5 heteroatoms. The predicted octanol–water partition coefficient (Wildman–Crippen LogP) is 2.74. The Labute approximate surface area is 113 Å². The molecule has 2 fully saturated rings. The van der Waals surface area contributed by atoms with Gasteiger partial charge in [0.2, 0.25) is 0 Å². The van der Waals surface area contributed by atoms with Crippen LogP contribution in [0.4, 0.5) is 0 Å². The SMILES string of the molecule is CC1CCC(Sc2nnc(CN)n2C2CC2)CC1. The summed E-state index contributed by atoms with van der Waals surface area (Å²) in [4.78, 5) is 0. The molecule has 1 aromatic rings. The van der Waals surface area contributed by atoms with E-state index in [0.717, 1.165) is 22.1 Å². The van der Waals surface area contributed by atoms with Crippen molar-refractivity contribution in [1.29, 1.82) is 0 Å². The van der Waals surface area contributed by atoms with Gasteiger partial charge in [0.15, 0.2) is 5.16 Å². The molecule has 0 aromatic carbocycles. The number of aromatic nitrogens is 3. The van der Waals surface area contributed by atoms with Crippen molar-refractivity contribution in [3.8, 4) is 0 Å². The van der Waals surface area contributed by atoms with Crippen molar-refractivity contribution in [2.45, 2.75) is 68.4 Å². The van der Waals surface area contributed by atoms with Crippen LogP contribution in [0, 0.1) is 5.92 Å². The van der Waals surface area contributed by atoms with Gasteiger partial charge in [-0.1, -0.05) is 18.7 Å². The van der Waals surface area contributed by atoms with Crippen LogP contribution < -0.4 is 5.73 Å². The van der Waals surface area contributed by atoms with E-state index in [1.165, 1.54) is 38.5 Å². The van der Waals surface area contributed by atoms with E-state index in [1.54, 1.807) is 0 Å². The molecular weight excluding hydrogens is 244 g/mol. The highest BCUT2D eigenvalue weighted by Gasteiger charge is 2.30. The molecule has 2 saturated carbocycles. The fourth-order valence-electron chi connectivity index (χ4n) is 2.72. The van der Waals surface area contributed by atoms with E-state index in [2.05, 4.69) is 21.7 Å². The van der Waals surface area contributed by atoms with E-state index in [0.29, 0.717) is 12.6 Å². The van der Waals surface area contributed by atoms with Gasteiger partial charge in [-0.2, -0.15) is 0 Å². The van der Waals surface area contributed by atoms with Gasteiger partial charge in [0, 0.05) is 11.3 Å². The second kappa shape index (κ2) is 5.21. The predicted molar refractivity (Wildman–Crippen MR) is 73.5 cm³/mol. The summed E-state index contributed by atoms with van der Waals surface area (Å²) in [5.41, 5.74) is 5.75. The summed E-state index contributed by atoms with van der Waals surface area (Å²) in [5, 5.41) is 10.4. The van der Waals surface area contributed by atoms with Crippen LogP contribution in [0.5, 0.6) is 0 Å². The molecule has 2 aliphatic carbocycles. The third kappa shape index (κ3) is 2.57. The zero-order valence-electron chi connectivity index (χ0n) is 11.0. The Bertz CT molecular complexity index is 405. The van der Waals surface area contributed by atoms with E-state index in [-0.39, 0.29) is 0 Å². The van der Waals surface area contributed by atoms with Gasteiger partial charge in [-0.25, -0.2) is 0 Å². The Kier molecular flexibility index (Phi) is 3.61. The van der Waals surface area contributed by atoms with Gasteiger partial charge >= 0.3 is 0 Å². The Morgan fingerprint density at radius 1 is 1.17 bits per heavy atom. The maximum Gasteiger partial charge on any atom is 0.191 e. The average molecular weight is 266 g/mol. The lowest BCUT2D eigenvalue weighted by Gasteiger charge is -2.25. The summed E-state index contributed by atoms with van der Waals surface area (Å²) < 4.78 is 2.29. The maximum absolute atomic E-state index is 5.75. The summed E-state index contributed by atoms with van der Waals surface area (Å²) in [6.07, 6.45) is 7.89. The normalized spacial score (nSPS) is 28.6. The quantitative estimate of drug-likeness (QED) is 0.910. The van der Waals surface area contributed by atoms with Gasteiger partial charge in [0.25, 0.3) is 0 Å². The first-order chi connectivity index (χ1) is 8.78. The number of nitrogens with zero attached hydrogens (tertiary/aromatic N) is 3. The van der Waals surface area contributed by atoms with Crippen molar-refractivity contribution in [2.75, 3.05) is 0 Å². The number of nitrogens with two attached hydrogens (primary N) is 1. The molecule has 0 bridgehead atoms. The smallest absolute Gasteiger partial charge is 0.191 e. The van der Waals surface area contributed by atoms with Gasteiger partial charge in [0.05, 0.1) is 6.54 Å². The van der Waals surface area contributed by atoms with Gasteiger partial charge < -0.3 is 10.3 Å². The largest absolute Gasteiger partial charge is 0.324 e. The Hall–Kier alpha value is -0.550. The topological polar surface area (TPSA) is 56.7 Å². The van der Waals surface area contributed by atoms with Crippen LogP contribution in [-0.2, 0) is 6.54 Å². The van der Waals surface area contributed by atoms with E-state index in [1.807, 2.05) is 11.8 Å². The van der Waals surface area contributed by atoms with Gasteiger partial charge in [-0.15, -0.1) is 10.2 Å². The fraction of sp³-hybridized carbons (Fsp3) is 0.846. The molecule has 3 rings (SSSR count). The Balaban J connectivity index is 1.70. The number of hydrogen-bond acceptors (Lipinski definition) is 4. The molecule has 0 unspecified atom stereocenters. The van der Waals surface area contributed by atoms with Crippen LogP contribution in [0.2, 0.25) is 0 Å². The van der Waals surface area contributed by atoms with Crippen molar-refractivity contribution in [3.05, 3.63) is 5.82 Å². The zero-order chi connectivity index (χ0) is 12.5. The van der Waals surface area contributed by atoms with Crippen LogP contribution in [0.1, 0.15) is 57.3 Å². The van der Waals surface area contributed by atoms with Crippen LogP contribution in [0.3, 0.4) is 0 Å². The number of hydrogen-bond donors (Lipinski definition) is 1. The van der Waals surface area contributed by atoms with Crippen molar-refractivity contribution >= 4 is 11.8 Å². The summed E-state index contributed by atoms with van der Waals surface area (Å²) in [5.74, 6) is 1.87. The second-order valence-corrected chi connectivity index (χ2v) is 6.97. The second-order valence-electron chi connectivity index (χ2n) is 5.70. The number of thioether (sulfide) groups is 1. The third-order valence-corrected chi connectivity index (χ3v) is 5.36. The molecule has 2 N–H and O–H groups in total. The van der Waals surface area contributed by atoms with Crippen LogP contribution in [0.15, 0.2) is 5.16 Å².